The van der Waals surface area contributed by atoms with E-state index in [1.165, 1.54) is 30.4 Å². The van der Waals surface area contributed by atoms with Gasteiger partial charge in [0, 0.05) is 4.83 Å². The molecule has 1 heteroatoms. The van der Waals surface area contributed by atoms with Gasteiger partial charge in [0.1, 0.15) is 0 Å². The van der Waals surface area contributed by atoms with Gasteiger partial charge < -0.3 is 0 Å². The average molecular weight is 253 g/mol. The van der Waals surface area contributed by atoms with Crippen molar-refractivity contribution in [1.29, 1.82) is 0 Å². The molecule has 2 unspecified atom stereocenters. The molecule has 1 aliphatic rings. The van der Waals surface area contributed by atoms with E-state index in [0.717, 1.165) is 5.92 Å². The molecule has 76 valence electrons. The van der Waals surface area contributed by atoms with Crippen molar-refractivity contribution in [3.05, 3.63) is 34.9 Å². The monoisotopic (exact) mass is 252 g/mol. The molecule has 1 aromatic rings. The van der Waals surface area contributed by atoms with Crippen LogP contribution in [0, 0.1) is 13.8 Å². The van der Waals surface area contributed by atoms with Crippen LogP contribution < -0.4 is 0 Å². The summed E-state index contributed by atoms with van der Waals surface area (Å²) in [5.74, 6) is 0.745. The summed E-state index contributed by atoms with van der Waals surface area (Å²) in [5.41, 5.74) is 4.47. The Bertz CT molecular complexity index is 330. The van der Waals surface area contributed by atoms with E-state index in [1.54, 1.807) is 5.56 Å². The van der Waals surface area contributed by atoms with E-state index in [0.29, 0.717) is 4.83 Å². The first-order valence-corrected chi connectivity index (χ1v) is 6.32. The van der Waals surface area contributed by atoms with Crippen LogP contribution >= 0.6 is 15.9 Å². The molecule has 0 amide bonds. The third-order valence-electron chi connectivity index (χ3n) is 3.48. The van der Waals surface area contributed by atoms with Crippen molar-refractivity contribution in [3.8, 4) is 0 Å². The lowest BCUT2D eigenvalue weighted by Crippen LogP contribution is -2.06. The highest BCUT2D eigenvalue weighted by Gasteiger charge is 2.27. The third-order valence-corrected chi connectivity index (χ3v) is 4.57. The smallest absolute Gasteiger partial charge is 0.0214 e. The third kappa shape index (κ3) is 1.75. The molecule has 0 spiro atoms. The number of alkyl halides is 1. The van der Waals surface area contributed by atoms with Crippen molar-refractivity contribution < 1.29 is 0 Å². The highest BCUT2D eigenvalue weighted by molar-refractivity contribution is 9.09. The van der Waals surface area contributed by atoms with E-state index >= 15 is 0 Å². The van der Waals surface area contributed by atoms with Crippen LogP contribution in [0.15, 0.2) is 18.2 Å². The van der Waals surface area contributed by atoms with Crippen LogP contribution in [0.3, 0.4) is 0 Å². The summed E-state index contributed by atoms with van der Waals surface area (Å²) in [6.45, 7) is 4.46. The highest BCUT2D eigenvalue weighted by atomic mass is 79.9. The van der Waals surface area contributed by atoms with Gasteiger partial charge in [-0.25, -0.2) is 0 Å². The van der Waals surface area contributed by atoms with Crippen molar-refractivity contribution in [2.45, 2.75) is 43.9 Å². The lowest BCUT2D eigenvalue weighted by Gasteiger charge is -2.18. The molecule has 0 N–H and O–H groups in total. The Hall–Kier alpha value is -0.300. The molecule has 0 saturated heterocycles. The molecule has 1 saturated carbocycles. The van der Waals surface area contributed by atoms with Crippen LogP contribution in [0.5, 0.6) is 0 Å². The fourth-order valence-corrected chi connectivity index (χ4v) is 3.31. The molecule has 2 rings (SSSR count). The molecule has 0 nitrogen and oxygen atoms in total. The van der Waals surface area contributed by atoms with Gasteiger partial charge in [0.15, 0.2) is 0 Å². The van der Waals surface area contributed by atoms with E-state index in [2.05, 4.69) is 48.0 Å². The maximum Gasteiger partial charge on any atom is 0.0214 e. The van der Waals surface area contributed by atoms with Crippen LogP contribution in [-0.4, -0.2) is 4.83 Å². The van der Waals surface area contributed by atoms with Crippen LogP contribution in [0.4, 0.5) is 0 Å². The van der Waals surface area contributed by atoms with Crippen LogP contribution in [0.2, 0.25) is 0 Å². The summed E-state index contributed by atoms with van der Waals surface area (Å²) in [7, 11) is 0. The Morgan fingerprint density at radius 2 is 2.00 bits per heavy atom. The first kappa shape index (κ1) is 10.2. The van der Waals surface area contributed by atoms with Crippen LogP contribution in [0.25, 0.3) is 0 Å². The van der Waals surface area contributed by atoms with E-state index in [-0.39, 0.29) is 0 Å². The fraction of sp³-hybridized carbons (Fsp3) is 0.538. The zero-order valence-electron chi connectivity index (χ0n) is 8.89. The molecule has 14 heavy (non-hydrogen) atoms. The summed E-state index contributed by atoms with van der Waals surface area (Å²) >= 11 is 3.80. The van der Waals surface area contributed by atoms with Gasteiger partial charge in [-0.3, -0.25) is 0 Å². The largest absolute Gasteiger partial charge is 0.0884 e. The number of halogens is 1. The number of benzene rings is 1. The minimum Gasteiger partial charge on any atom is -0.0884 e. The molecule has 0 bridgehead atoms. The summed E-state index contributed by atoms with van der Waals surface area (Å²) in [6, 6.07) is 6.69. The highest BCUT2D eigenvalue weighted by Crippen LogP contribution is 2.40. The molecular formula is C13H17Br. The Morgan fingerprint density at radius 3 is 2.64 bits per heavy atom. The molecule has 1 aliphatic carbocycles. The zero-order chi connectivity index (χ0) is 10.1. The second-order valence-corrected chi connectivity index (χ2v) is 5.52. The van der Waals surface area contributed by atoms with Gasteiger partial charge in [-0.15, -0.1) is 0 Å². The van der Waals surface area contributed by atoms with Crippen LogP contribution in [-0.2, 0) is 0 Å². The summed E-state index contributed by atoms with van der Waals surface area (Å²) in [6.07, 6.45) is 4.05. The number of aryl methyl sites for hydroxylation is 1. The fourth-order valence-electron chi connectivity index (χ4n) is 2.44. The number of hydrogen-bond donors (Lipinski definition) is 0. The van der Waals surface area contributed by atoms with Crippen molar-refractivity contribution >= 4 is 15.9 Å². The predicted molar refractivity (Wildman–Crippen MR) is 65.2 cm³/mol. The topological polar surface area (TPSA) is 0 Å². The molecule has 1 aromatic carbocycles. The van der Waals surface area contributed by atoms with Gasteiger partial charge in [-0.05, 0) is 49.3 Å². The first-order valence-electron chi connectivity index (χ1n) is 5.40. The van der Waals surface area contributed by atoms with Gasteiger partial charge in [0.2, 0.25) is 0 Å². The molecule has 2 atom stereocenters. The van der Waals surface area contributed by atoms with Gasteiger partial charge in [-0.2, -0.15) is 0 Å². The van der Waals surface area contributed by atoms with Gasteiger partial charge in [0.25, 0.3) is 0 Å². The lowest BCUT2D eigenvalue weighted by molar-refractivity contribution is 0.736. The zero-order valence-corrected chi connectivity index (χ0v) is 10.5. The maximum atomic E-state index is 3.80. The van der Waals surface area contributed by atoms with Crippen molar-refractivity contribution in [2.75, 3.05) is 0 Å². The Balaban J connectivity index is 2.36. The summed E-state index contributed by atoms with van der Waals surface area (Å²) < 4.78 is 0. The van der Waals surface area contributed by atoms with Crippen LogP contribution in [0.1, 0.15) is 41.9 Å². The molecule has 1 fully saturated rings. The number of rotatable bonds is 1. The van der Waals surface area contributed by atoms with E-state index in [1.807, 2.05) is 0 Å². The van der Waals surface area contributed by atoms with Gasteiger partial charge >= 0.3 is 0 Å². The second-order valence-electron chi connectivity index (χ2n) is 4.34. The minimum absolute atomic E-state index is 0.697. The Morgan fingerprint density at radius 1 is 1.21 bits per heavy atom. The molecule has 0 radical (unpaired) electrons. The SMILES string of the molecule is Cc1cccc(C2CCCC2Br)c1C. The maximum absolute atomic E-state index is 3.80. The second kappa shape index (κ2) is 4.06. The average Bonchev–Trinajstić information content (AvgIpc) is 2.57. The van der Waals surface area contributed by atoms with Crippen molar-refractivity contribution in [1.82, 2.24) is 0 Å². The van der Waals surface area contributed by atoms with Gasteiger partial charge in [0.05, 0.1) is 0 Å². The summed E-state index contributed by atoms with van der Waals surface area (Å²) in [4.78, 5) is 0.697. The quantitative estimate of drug-likeness (QED) is 0.653. The van der Waals surface area contributed by atoms with Gasteiger partial charge in [-0.1, -0.05) is 40.5 Å². The lowest BCUT2D eigenvalue weighted by atomic mass is 9.91. The molecule has 0 aliphatic heterocycles. The molecule has 0 heterocycles. The first-order chi connectivity index (χ1) is 6.70. The van der Waals surface area contributed by atoms with Crippen molar-refractivity contribution in [2.24, 2.45) is 0 Å². The summed E-state index contributed by atoms with van der Waals surface area (Å²) in [5, 5.41) is 0. The van der Waals surface area contributed by atoms with E-state index in [4.69, 9.17) is 0 Å². The Labute approximate surface area is 94.8 Å². The molecule has 0 aromatic heterocycles. The van der Waals surface area contributed by atoms with E-state index in [9.17, 15) is 0 Å². The Kier molecular flexibility index (Phi) is 2.96. The van der Waals surface area contributed by atoms with E-state index < -0.39 is 0 Å². The number of hydrogen-bond acceptors (Lipinski definition) is 0. The van der Waals surface area contributed by atoms with Crippen molar-refractivity contribution in [3.63, 3.8) is 0 Å². The minimum atomic E-state index is 0.697. The standard InChI is InChI=1S/C13H17Br/c1-9-5-3-6-11(10(9)2)12-7-4-8-13(12)14/h3,5-6,12-13H,4,7-8H2,1-2H3. The normalized spacial score (nSPS) is 26.8. The predicted octanol–water partition coefficient (Wildman–Crippen LogP) is 4.33. The molecular weight excluding hydrogens is 236 g/mol.